The van der Waals surface area contributed by atoms with Gasteiger partial charge in [-0.2, -0.15) is 0 Å². The minimum atomic E-state index is -0.355. The van der Waals surface area contributed by atoms with Gasteiger partial charge in [0.25, 0.3) is 5.91 Å². The number of rotatable bonds is 8. The summed E-state index contributed by atoms with van der Waals surface area (Å²) in [6.07, 6.45) is 0.627. The number of ether oxygens (including phenoxy) is 2. The highest BCUT2D eigenvalue weighted by Crippen LogP contribution is 2.34. The quantitative estimate of drug-likeness (QED) is 0.569. The van der Waals surface area contributed by atoms with Gasteiger partial charge in [0.1, 0.15) is 4.88 Å². The number of nitrogens with one attached hydrogen (secondary N) is 2. The zero-order valence-corrected chi connectivity index (χ0v) is 17.7. The molecule has 2 aromatic carbocycles. The molecule has 0 unspecified atom stereocenters. The molecule has 3 rings (SSSR count). The third kappa shape index (κ3) is 4.99. The summed E-state index contributed by atoms with van der Waals surface area (Å²) < 4.78 is 11.4. The van der Waals surface area contributed by atoms with Gasteiger partial charge >= 0.3 is 0 Å². The Kier molecular flexibility index (Phi) is 6.95. The van der Waals surface area contributed by atoms with Gasteiger partial charge in [-0.05, 0) is 30.2 Å². The molecule has 6 nitrogen and oxygen atoms in total. The summed E-state index contributed by atoms with van der Waals surface area (Å²) >= 11 is 7.60. The van der Waals surface area contributed by atoms with Gasteiger partial charge in [0.2, 0.25) is 5.91 Å². The Bertz CT molecular complexity index is 1030. The highest BCUT2D eigenvalue weighted by atomic mass is 35.5. The molecule has 2 amide bonds. The first-order valence-corrected chi connectivity index (χ1v) is 10.2. The Morgan fingerprint density at radius 2 is 1.79 bits per heavy atom. The minimum absolute atomic E-state index is 0.116. The molecule has 0 saturated heterocycles. The Labute approximate surface area is 177 Å². The molecule has 0 bridgehead atoms. The third-order valence-corrected chi connectivity index (χ3v) is 6.01. The Balaban J connectivity index is 1.48. The number of halogens is 1. The Morgan fingerprint density at radius 1 is 1.03 bits per heavy atom. The van der Waals surface area contributed by atoms with Crippen LogP contribution < -0.4 is 20.1 Å². The van der Waals surface area contributed by atoms with Crippen molar-refractivity contribution in [3.63, 3.8) is 0 Å². The second-order valence-electron chi connectivity index (χ2n) is 6.21. The van der Waals surface area contributed by atoms with E-state index in [9.17, 15) is 9.59 Å². The normalized spacial score (nSPS) is 10.6. The maximum atomic E-state index is 12.4. The van der Waals surface area contributed by atoms with Gasteiger partial charge in [0.05, 0.1) is 25.8 Å². The number of methoxy groups -OCH3 is 2. The molecule has 1 aromatic heterocycles. The molecule has 0 aliphatic rings. The van der Waals surface area contributed by atoms with Crippen LogP contribution in [-0.4, -0.2) is 39.1 Å². The predicted molar refractivity (Wildman–Crippen MR) is 115 cm³/mol. The van der Waals surface area contributed by atoms with E-state index in [2.05, 4.69) is 10.6 Å². The highest BCUT2D eigenvalue weighted by Gasteiger charge is 2.17. The summed E-state index contributed by atoms with van der Waals surface area (Å²) in [5, 5.41) is 6.66. The first kappa shape index (κ1) is 21.0. The molecule has 0 aliphatic heterocycles. The summed E-state index contributed by atoms with van der Waals surface area (Å²) in [6, 6.07) is 13.1. The van der Waals surface area contributed by atoms with Crippen LogP contribution in [-0.2, 0) is 11.2 Å². The number of carbonyl (C=O) groups excluding carboxylic acids is 2. The van der Waals surface area contributed by atoms with E-state index < -0.39 is 0 Å². The summed E-state index contributed by atoms with van der Waals surface area (Å²) in [5.41, 5.74) is 1.00. The van der Waals surface area contributed by atoms with E-state index in [0.29, 0.717) is 34.4 Å². The first-order valence-electron chi connectivity index (χ1n) is 8.96. The zero-order chi connectivity index (χ0) is 20.8. The maximum absolute atomic E-state index is 12.4. The molecule has 0 spiro atoms. The van der Waals surface area contributed by atoms with Crippen LogP contribution in [0.3, 0.4) is 0 Å². The first-order chi connectivity index (χ1) is 14.0. The molecule has 29 heavy (non-hydrogen) atoms. The number of carbonyl (C=O) groups is 2. The molecular formula is C21H21ClN2O4S. The van der Waals surface area contributed by atoms with Crippen LogP contribution in [0, 0.1) is 0 Å². The Morgan fingerprint density at radius 3 is 2.52 bits per heavy atom. The predicted octanol–water partition coefficient (Wildman–Crippen LogP) is 3.66. The summed E-state index contributed by atoms with van der Waals surface area (Å²) in [7, 11) is 3.16. The van der Waals surface area contributed by atoms with Crippen molar-refractivity contribution in [2.24, 2.45) is 0 Å². The van der Waals surface area contributed by atoms with E-state index in [1.165, 1.54) is 11.3 Å². The highest BCUT2D eigenvalue weighted by molar-refractivity contribution is 7.21. The molecule has 0 saturated carbocycles. The van der Waals surface area contributed by atoms with Gasteiger partial charge < -0.3 is 20.1 Å². The number of fused-ring (bicyclic) bond motifs is 1. The topological polar surface area (TPSA) is 76.7 Å². The van der Waals surface area contributed by atoms with Crippen molar-refractivity contribution >= 4 is 44.8 Å². The standard InChI is InChI=1S/C21H21ClN2O4S/c1-27-15-8-7-13(11-16(15)28-2)9-10-23-18(25)12-24-21(26)20-19(22)14-5-3-4-6-17(14)29-20/h3-8,11H,9-10,12H2,1-2H3,(H,23,25)(H,24,26). The fraction of sp³-hybridized carbons (Fsp3) is 0.238. The van der Waals surface area contributed by atoms with Gasteiger partial charge in [-0.1, -0.05) is 35.9 Å². The van der Waals surface area contributed by atoms with Crippen LogP contribution in [0.25, 0.3) is 10.1 Å². The van der Waals surface area contributed by atoms with Crippen molar-refractivity contribution in [2.75, 3.05) is 27.3 Å². The SMILES string of the molecule is COc1ccc(CCNC(=O)CNC(=O)c2sc3ccccc3c2Cl)cc1OC. The molecule has 3 aromatic rings. The fourth-order valence-corrected chi connectivity index (χ4v) is 4.28. The van der Waals surface area contributed by atoms with Crippen LogP contribution in [0.2, 0.25) is 5.02 Å². The van der Waals surface area contributed by atoms with E-state index in [4.69, 9.17) is 21.1 Å². The maximum Gasteiger partial charge on any atom is 0.263 e. The molecule has 8 heteroatoms. The lowest BCUT2D eigenvalue weighted by Gasteiger charge is -2.10. The molecule has 2 N–H and O–H groups in total. The second-order valence-corrected chi connectivity index (χ2v) is 7.64. The number of hydrogen-bond donors (Lipinski definition) is 2. The summed E-state index contributed by atoms with van der Waals surface area (Å²) in [6.45, 7) is 0.323. The van der Waals surface area contributed by atoms with Crippen LogP contribution in [0.15, 0.2) is 42.5 Å². The zero-order valence-electron chi connectivity index (χ0n) is 16.1. The largest absolute Gasteiger partial charge is 0.493 e. The van der Waals surface area contributed by atoms with Crippen molar-refractivity contribution in [1.82, 2.24) is 10.6 Å². The average Bonchev–Trinajstić information content (AvgIpc) is 3.08. The number of amides is 2. The van der Waals surface area contributed by atoms with Crippen molar-refractivity contribution in [2.45, 2.75) is 6.42 Å². The van der Waals surface area contributed by atoms with Crippen molar-refractivity contribution < 1.29 is 19.1 Å². The number of benzene rings is 2. The van der Waals surface area contributed by atoms with Gasteiger partial charge in [-0.25, -0.2) is 0 Å². The van der Waals surface area contributed by atoms with Crippen LogP contribution in [0.1, 0.15) is 15.2 Å². The second kappa shape index (κ2) is 9.62. The van der Waals surface area contributed by atoms with E-state index >= 15 is 0 Å². The van der Waals surface area contributed by atoms with E-state index in [-0.39, 0.29) is 18.4 Å². The molecule has 0 radical (unpaired) electrons. The number of thiophene rings is 1. The van der Waals surface area contributed by atoms with Crippen molar-refractivity contribution in [3.05, 3.63) is 57.9 Å². The van der Waals surface area contributed by atoms with E-state index in [1.54, 1.807) is 14.2 Å². The monoisotopic (exact) mass is 432 g/mol. The van der Waals surface area contributed by atoms with Gasteiger partial charge in [-0.15, -0.1) is 11.3 Å². The van der Waals surface area contributed by atoms with Gasteiger partial charge in [-0.3, -0.25) is 9.59 Å². The molecule has 0 atom stereocenters. The molecule has 1 heterocycles. The number of hydrogen-bond acceptors (Lipinski definition) is 5. The molecule has 0 fully saturated rings. The minimum Gasteiger partial charge on any atom is -0.493 e. The van der Waals surface area contributed by atoms with Crippen molar-refractivity contribution in [3.8, 4) is 11.5 Å². The summed E-state index contributed by atoms with van der Waals surface area (Å²) in [5.74, 6) is 0.675. The summed E-state index contributed by atoms with van der Waals surface area (Å²) in [4.78, 5) is 24.8. The van der Waals surface area contributed by atoms with Crippen LogP contribution >= 0.6 is 22.9 Å². The Hall–Kier alpha value is -2.77. The lowest BCUT2D eigenvalue weighted by atomic mass is 10.1. The van der Waals surface area contributed by atoms with E-state index in [0.717, 1.165) is 15.6 Å². The molecule has 0 aliphatic carbocycles. The van der Waals surface area contributed by atoms with Crippen molar-refractivity contribution in [1.29, 1.82) is 0 Å². The van der Waals surface area contributed by atoms with E-state index in [1.807, 2.05) is 42.5 Å². The molecule has 152 valence electrons. The fourth-order valence-electron chi connectivity index (χ4n) is 2.85. The van der Waals surface area contributed by atoms with Gasteiger partial charge in [0.15, 0.2) is 11.5 Å². The van der Waals surface area contributed by atoms with Crippen LogP contribution in [0.5, 0.6) is 11.5 Å². The molecular weight excluding hydrogens is 412 g/mol. The lowest BCUT2D eigenvalue weighted by Crippen LogP contribution is -2.37. The lowest BCUT2D eigenvalue weighted by molar-refractivity contribution is -0.120. The third-order valence-electron chi connectivity index (χ3n) is 4.33. The average molecular weight is 433 g/mol. The van der Waals surface area contributed by atoms with Crippen LogP contribution in [0.4, 0.5) is 0 Å². The van der Waals surface area contributed by atoms with Gasteiger partial charge in [0, 0.05) is 16.6 Å². The smallest absolute Gasteiger partial charge is 0.263 e.